The van der Waals surface area contributed by atoms with Gasteiger partial charge in [-0.15, -0.1) is 0 Å². The molecule has 1 N–H and O–H groups in total. The highest BCUT2D eigenvalue weighted by atomic mass is 79.9. The third-order valence-electron chi connectivity index (χ3n) is 4.16. The van der Waals surface area contributed by atoms with Crippen molar-refractivity contribution in [1.82, 2.24) is 14.5 Å². The first-order valence-electron chi connectivity index (χ1n) is 8.32. The van der Waals surface area contributed by atoms with Crippen LogP contribution in [0.5, 0.6) is 0 Å². The van der Waals surface area contributed by atoms with E-state index in [0.717, 1.165) is 21.4 Å². The minimum absolute atomic E-state index is 0.00372. The molecule has 0 fully saturated rings. The van der Waals surface area contributed by atoms with Gasteiger partial charge in [0.25, 0.3) is 0 Å². The van der Waals surface area contributed by atoms with Gasteiger partial charge in [0, 0.05) is 18.8 Å². The molecular formula is C18H26BrN3O2S. The zero-order valence-corrected chi connectivity index (χ0v) is 17.8. The summed E-state index contributed by atoms with van der Waals surface area (Å²) in [5.74, 6) is 0. The molecule has 0 saturated heterocycles. The molecule has 0 aliphatic heterocycles. The average Bonchev–Trinajstić information content (AvgIpc) is 2.78. The first kappa shape index (κ1) is 20.1. The number of aromatic nitrogens is 2. The molecule has 5 nitrogen and oxygen atoms in total. The summed E-state index contributed by atoms with van der Waals surface area (Å²) in [5.41, 5.74) is 3.11. The molecule has 0 aliphatic carbocycles. The number of aryl methyl sites for hydroxylation is 2. The molecule has 138 valence electrons. The Morgan fingerprint density at radius 2 is 1.76 bits per heavy atom. The van der Waals surface area contributed by atoms with Gasteiger partial charge in [0.2, 0.25) is 10.0 Å². The molecular weight excluding hydrogens is 402 g/mol. The lowest BCUT2D eigenvalue weighted by Crippen LogP contribution is -2.26. The van der Waals surface area contributed by atoms with E-state index < -0.39 is 10.0 Å². The van der Waals surface area contributed by atoms with Crippen molar-refractivity contribution in [3.63, 3.8) is 0 Å². The fourth-order valence-electron chi connectivity index (χ4n) is 2.55. The van der Waals surface area contributed by atoms with Crippen LogP contribution in [0.15, 0.2) is 33.6 Å². The highest BCUT2D eigenvalue weighted by molar-refractivity contribution is 9.10. The molecule has 1 heterocycles. The number of nitrogens with zero attached hydrogens (tertiary/aromatic N) is 2. The number of benzene rings is 1. The van der Waals surface area contributed by atoms with E-state index >= 15 is 0 Å². The third kappa shape index (κ3) is 4.92. The third-order valence-corrected chi connectivity index (χ3v) is 6.79. The molecule has 0 radical (unpaired) electrons. The van der Waals surface area contributed by atoms with Gasteiger partial charge in [-0.25, -0.2) is 13.1 Å². The summed E-state index contributed by atoms with van der Waals surface area (Å²) in [6, 6.07) is 7.09. The number of rotatable bonds is 6. The fraction of sp³-hybridized carbons (Fsp3) is 0.500. The predicted molar refractivity (Wildman–Crippen MR) is 104 cm³/mol. The van der Waals surface area contributed by atoms with Crippen molar-refractivity contribution in [3.05, 3.63) is 45.7 Å². The van der Waals surface area contributed by atoms with Gasteiger partial charge < -0.3 is 0 Å². The van der Waals surface area contributed by atoms with Crippen molar-refractivity contribution >= 4 is 26.0 Å². The molecule has 0 aliphatic rings. The Morgan fingerprint density at radius 1 is 1.16 bits per heavy atom. The fourth-order valence-corrected chi connectivity index (χ4v) is 3.90. The predicted octanol–water partition coefficient (Wildman–Crippen LogP) is 3.93. The molecule has 7 heteroatoms. The van der Waals surface area contributed by atoms with Crippen LogP contribution < -0.4 is 4.72 Å². The Kier molecular flexibility index (Phi) is 6.12. The van der Waals surface area contributed by atoms with Crippen LogP contribution >= 0.6 is 15.9 Å². The highest BCUT2D eigenvalue weighted by Crippen LogP contribution is 2.23. The van der Waals surface area contributed by atoms with Crippen molar-refractivity contribution in [3.8, 4) is 0 Å². The summed E-state index contributed by atoms with van der Waals surface area (Å²) in [4.78, 5) is 0.300. The van der Waals surface area contributed by atoms with E-state index in [1.165, 1.54) is 0 Å². The number of hydrogen-bond acceptors (Lipinski definition) is 3. The summed E-state index contributed by atoms with van der Waals surface area (Å²) in [6.07, 6.45) is 0.674. The van der Waals surface area contributed by atoms with Gasteiger partial charge in [-0.05, 0) is 59.3 Å². The summed E-state index contributed by atoms with van der Waals surface area (Å²) in [6.45, 7) is 11.3. The van der Waals surface area contributed by atoms with Crippen LogP contribution in [-0.2, 0) is 22.0 Å². The quantitative estimate of drug-likeness (QED) is 0.710. The van der Waals surface area contributed by atoms with Crippen LogP contribution in [0.3, 0.4) is 0 Å². The lowest BCUT2D eigenvalue weighted by molar-refractivity contribution is 0.543. The first-order valence-corrected chi connectivity index (χ1v) is 10.6. The lowest BCUT2D eigenvalue weighted by atomic mass is 9.87. The van der Waals surface area contributed by atoms with E-state index in [1.54, 1.807) is 12.1 Å². The van der Waals surface area contributed by atoms with Gasteiger partial charge in [0.1, 0.15) is 0 Å². The van der Waals surface area contributed by atoms with Crippen molar-refractivity contribution in [2.45, 2.75) is 57.9 Å². The van der Waals surface area contributed by atoms with Gasteiger partial charge >= 0.3 is 0 Å². The summed E-state index contributed by atoms with van der Waals surface area (Å²) >= 11 is 3.50. The van der Waals surface area contributed by atoms with Crippen molar-refractivity contribution in [2.24, 2.45) is 0 Å². The molecule has 0 unspecified atom stereocenters. The standard InChI is InChI=1S/C18H26BrN3O2S/c1-13-17(19)14(2)22(21-13)12-6-11-20-25(23,24)16-9-7-15(8-10-16)18(3,4)5/h7-10,20H,6,11-12H2,1-5H3. The van der Waals surface area contributed by atoms with E-state index in [2.05, 4.69) is 46.5 Å². The second-order valence-corrected chi connectivity index (χ2v) is 9.79. The van der Waals surface area contributed by atoms with Crippen molar-refractivity contribution in [1.29, 1.82) is 0 Å². The summed E-state index contributed by atoms with van der Waals surface area (Å²) in [7, 11) is -3.48. The Bertz CT molecular complexity index is 834. The number of nitrogens with one attached hydrogen (secondary N) is 1. The van der Waals surface area contributed by atoms with Crippen molar-refractivity contribution < 1.29 is 8.42 Å². The Hall–Kier alpha value is -1.18. The summed E-state index contributed by atoms with van der Waals surface area (Å²) < 4.78 is 30.3. The Morgan fingerprint density at radius 3 is 2.24 bits per heavy atom. The second-order valence-electron chi connectivity index (χ2n) is 7.23. The molecule has 2 rings (SSSR count). The number of sulfonamides is 1. The van der Waals surface area contributed by atoms with E-state index in [1.807, 2.05) is 30.7 Å². The Labute approximate surface area is 159 Å². The zero-order chi connectivity index (χ0) is 18.8. The second kappa shape index (κ2) is 7.60. The number of hydrogen-bond donors (Lipinski definition) is 1. The van der Waals surface area contributed by atoms with Gasteiger partial charge in [-0.1, -0.05) is 32.9 Å². The molecule has 0 atom stereocenters. The minimum Gasteiger partial charge on any atom is -0.268 e. The normalized spacial score (nSPS) is 12.6. The SMILES string of the molecule is Cc1nn(CCCNS(=O)(=O)c2ccc(C(C)(C)C)cc2)c(C)c1Br. The van der Waals surface area contributed by atoms with Gasteiger partial charge in [0.05, 0.1) is 15.1 Å². The smallest absolute Gasteiger partial charge is 0.240 e. The maximum atomic E-state index is 12.4. The van der Waals surface area contributed by atoms with E-state index in [-0.39, 0.29) is 5.41 Å². The molecule has 1 aromatic heterocycles. The van der Waals surface area contributed by atoms with Gasteiger partial charge in [-0.2, -0.15) is 5.10 Å². The van der Waals surface area contributed by atoms with Gasteiger partial charge in [0.15, 0.2) is 0 Å². The van der Waals surface area contributed by atoms with Crippen LogP contribution in [0.2, 0.25) is 0 Å². The molecule has 2 aromatic rings. The monoisotopic (exact) mass is 427 g/mol. The van der Waals surface area contributed by atoms with Crippen LogP contribution in [0.25, 0.3) is 0 Å². The van der Waals surface area contributed by atoms with E-state index in [0.29, 0.717) is 24.4 Å². The maximum absolute atomic E-state index is 12.4. The number of halogens is 1. The lowest BCUT2D eigenvalue weighted by Gasteiger charge is -2.19. The Balaban J connectivity index is 1.94. The maximum Gasteiger partial charge on any atom is 0.240 e. The van der Waals surface area contributed by atoms with Crippen LogP contribution in [0.1, 0.15) is 44.1 Å². The van der Waals surface area contributed by atoms with Crippen LogP contribution in [-0.4, -0.2) is 24.7 Å². The summed E-state index contributed by atoms with van der Waals surface area (Å²) in [5, 5.41) is 4.43. The first-order chi connectivity index (χ1) is 11.5. The van der Waals surface area contributed by atoms with Crippen LogP contribution in [0.4, 0.5) is 0 Å². The minimum atomic E-state index is -3.48. The van der Waals surface area contributed by atoms with E-state index in [9.17, 15) is 8.42 Å². The van der Waals surface area contributed by atoms with Gasteiger partial charge in [-0.3, -0.25) is 4.68 Å². The van der Waals surface area contributed by atoms with Crippen molar-refractivity contribution in [2.75, 3.05) is 6.54 Å². The largest absolute Gasteiger partial charge is 0.268 e. The zero-order valence-electron chi connectivity index (χ0n) is 15.4. The molecule has 25 heavy (non-hydrogen) atoms. The molecule has 0 amide bonds. The molecule has 1 aromatic carbocycles. The topological polar surface area (TPSA) is 64.0 Å². The highest BCUT2D eigenvalue weighted by Gasteiger charge is 2.17. The van der Waals surface area contributed by atoms with E-state index in [4.69, 9.17) is 0 Å². The van der Waals surface area contributed by atoms with Crippen LogP contribution in [0, 0.1) is 13.8 Å². The average molecular weight is 428 g/mol. The molecule has 0 saturated carbocycles. The molecule has 0 bridgehead atoms. The molecule has 0 spiro atoms.